The van der Waals surface area contributed by atoms with E-state index in [1.54, 1.807) is 11.3 Å². The van der Waals surface area contributed by atoms with Gasteiger partial charge in [0.05, 0.1) is 11.7 Å². The molecular weight excluding hydrogens is 312 g/mol. The minimum atomic E-state index is 0.127. The van der Waals surface area contributed by atoms with Gasteiger partial charge in [0.1, 0.15) is 0 Å². The molecule has 0 aliphatic heterocycles. The highest BCUT2D eigenvalue weighted by molar-refractivity contribution is 9.10. The second kappa shape index (κ2) is 5.97. The van der Waals surface area contributed by atoms with E-state index in [1.807, 2.05) is 11.6 Å². The van der Waals surface area contributed by atoms with E-state index in [-0.39, 0.29) is 6.04 Å². The predicted molar refractivity (Wildman–Crippen MR) is 78.4 cm³/mol. The van der Waals surface area contributed by atoms with Gasteiger partial charge in [-0.3, -0.25) is 16.0 Å². The van der Waals surface area contributed by atoms with Gasteiger partial charge in [-0.2, -0.15) is 5.10 Å². The summed E-state index contributed by atoms with van der Waals surface area (Å²) in [5, 5.41) is 6.53. The van der Waals surface area contributed by atoms with E-state index in [1.165, 1.54) is 10.6 Å². The number of hydrogen-bond acceptors (Lipinski definition) is 4. The molecule has 0 aromatic carbocycles. The molecule has 1 atom stereocenters. The summed E-state index contributed by atoms with van der Waals surface area (Å²) in [5.74, 6) is 5.67. The predicted octanol–water partition coefficient (Wildman–Crippen LogP) is 2.78. The fourth-order valence-corrected chi connectivity index (χ4v) is 3.50. The lowest BCUT2D eigenvalue weighted by atomic mass is 10.1. The zero-order valence-corrected chi connectivity index (χ0v) is 12.9. The molecule has 3 N–H and O–H groups in total. The van der Waals surface area contributed by atoms with Crippen LogP contribution in [0.4, 0.5) is 0 Å². The van der Waals surface area contributed by atoms with Crippen molar-refractivity contribution >= 4 is 27.3 Å². The topological polar surface area (TPSA) is 55.9 Å². The molecule has 0 spiro atoms. The summed E-state index contributed by atoms with van der Waals surface area (Å²) in [5.41, 5.74) is 5.15. The van der Waals surface area contributed by atoms with Crippen molar-refractivity contribution in [2.24, 2.45) is 5.84 Å². The number of aryl methyl sites for hydroxylation is 2. The first kappa shape index (κ1) is 13.7. The molecule has 0 saturated heterocycles. The molecule has 18 heavy (non-hydrogen) atoms. The van der Waals surface area contributed by atoms with E-state index in [9.17, 15) is 0 Å². The number of aromatic nitrogens is 2. The van der Waals surface area contributed by atoms with Crippen molar-refractivity contribution in [3.63, 3.8) is 0 Å². The van der Waals surface area contributed by atoms with Gasteiger partial charge in [-0.05, 0) is 41.9 Å². The summed E-state index contributed by atoms with van der Waals surface area (Å²) in [7, 11) is 0. The summed E-state index contributed by atoms with van der Waals surface area (Å²) < 4.78 is 3.13. The number of rotatable bonds is 5. The highest BCUT2D eigenvalue weighted by atomic mass is 79.9. The Morgan fingerprint density at radius 3 is 2.89 bits per heavy atom. The number of nitrogens with two attached hydrogens (primary N) is 1. The maximum absolute atomic E-state index is 5.67. The number of thiophene rings is 1. The summed E-state index contributed by atoms with van der Waals surface area (Å²) in [4.78, 5) is 1.23. The number of hydrogen-bond donors (Lipinski definition) is 2. The fraction of sp³-hybridized carbons (Fsp3) is 0.417. The summed E-state index contributed by atoms with van der Waals surface area (Å²) in [6, 6.07) is 4.35. The Kier molecular flexibility index (Phi) is 4.55. The van der Waals surface area contributed by atoms with Crippen LogP contribution >= 0.6 is 27.3 Å². The quantitative estimate of drug-likeness (QED) is 0.655. The van der Waals surface area contributed by atoms with E-state index < -0.39 is 0 Å². The van der Waals surface area contributed by atoms with Crippen LogP contribution in [0.15, 0.2) is 22.0 Å². The lowest BCUT2D eigenvalue weighted by molar-refractivity contribution is 0.523. The van der Waals surface area contributed by atoms with Gasteiger partial charge in [0.2, 0.25) is 0 Å². The summed E-state index contributed by atoms with van der Waals surface area (Å²) in [6.45, 7) is 5.00. The van der Waals surface area contributed by atoms with Crippen LogP contribution < -0.4 is 11.3 Å². The van der Waals surface area contributed by atoms with Gasteiger partial charge in [0.25, 0.3) is 0 Å². The molecule has 0 bridgehead atoms. The van der Waals surface area contributed by atoms with Gasteiger partial charge in [-0.25, -0.2) is 0 Å². The molecule has 6 heteroatoms. The maximum Gasteiger partial charge on any atom is 0.0608 e. The van der Waals surface area contributed by atoms with Gasteiger partial charge in [-0.15, -0.1) is 11.3 Å². The third-order valence-corrected chi connectivity index (χ3v) is 4.64. The minimum absolute atomic E-state index is 0.127. The maximum atomic E-state index is 5.67. The van der Waals surface area contributed by atoms with Gasteiger partial charge in [0.15, 0.2) is 0 Å². The summed E-state index contributed by atoms with van der Waals surface area (Å²) in [6.07, 6.45) is 0.845. The van der Waals surface area contributed by atoms with E-state index in [0.29, 0.717) is 0 Å². The van der Waals surface area contributed by atoms with Crippen LogP contribution in [0.5, 0.6) is 0 Å². The Hall–Kier alpha value is -0.690. The lowest BCUT2D eigenvalue weighted by Crippen LogP contribution is -2.29. The number of nitrogens with zero attached hydrogens (tertiary/aromatic N) is 2. The smallest absolute Gasteiger partial charge is 0.0608 e. The van der Waals surface area contributed by atoms with E-state index in [2.05, 4.69) is 50.9 Å². The third kappa shape index (κ3) is 3.00. The van der Waals surface area contributed by atoms with Crippen LogP contribution in [-0.2, 0) is 13.0 Å². The van der Waals surface area contributed by atoms with Crippen LogP contribution in [0.1, 0.15) is 29.2 Å². The number of hydrazine groups is 1. The molecule has 0 amide bonds. The first-order valence-corrected chi connectivity index (χ1v) is 7.54. The van der Waals surface area contributed by atoms with Gasteiger partial charge in [0, 0.05) is 33.4 Å². The van der Waals surface area contributed by atoms with Crippen LogP contribution in [0.2, 0.25) is 0 Å². The molecule has 1 unspecified atom stereocenters. The molecule has 0 radical (unpaired) electrons. The Morgan fingerprint density at radius 2 is 2.33 bits per heavy atom. The van der Waals surface area contributed by atoms with E-state index in [0.717, 1.165) is 23.1 Å². The van der Waals surface area contributed by atoms with Crippen LogP contribution in [-0.4, -0.2) is 9.78 Å². The van der Waals surface area contributed by atoms with E-state index in [4.69, 9.17) is 5.84 Å². The van der Waals surface area contributed by atoms with Crippen molar-refractivity contribution in [1.82, 2.24) is 15.2 Å². The second-order valence-corrected chi connectivity index (χ2v) is 6.04. The number of nitrogens with one attached hydrogen (secondary N) is 1. The van der Waals surface area contributed by atoms with Crippen molar-refractivity contribution < 1.29 is 0 Å². The zero-order valence-electron chi connectivity index (χ0n) is 10.5. The minimum Gasteiger partial charge on any atom is -0.271 e. The molecule has 0 aliphatic rings. The molecule has 98 valence electrons. The Bertz CT molecular complexity index is 520. The van der Waals surface area contributed by atoms with Crippen LogP contribution in [0.3, 0.4) is 0 Å². The molecule has 2 aromatic heterocycles. The first-order chi connectivity index (χ1) is 8.63. The monoisotopic (exact) mass is 328 g/mol. The molecule has 2 heterocycles. The van der Waals surface area contributed by atoms with Crippen molar-refractivity contribution in [1.29, 1.82) is 0 Å². The van der Waals surface area contributed by atoms with Crippen molar-refractivity contribution in [2.45, 2.75) is 32.9 Å². The SMILES string of the molecule is CCn1nc(C)cc1CC(NN)c1cc(Br)cs1. The Balaban J connectivity index is 2.19. The average Bonchev–Trinajstić information content (AvgIpc) is 2.92. The average molecular weight is 329 g/mol. The highest BCUT2D eigenvalue weighted by Crippen LogP contribution is 2.27. The van der Waals surface area contributed by atoms with Gasteiger partial charge >= 0.3 is 0 Å². The van der Waals surface area contributed by atoms with Gasteiger partial charge in [-0.1, -0.05) is 0 Å². The number of halogens is 1. The molecule has 0 saturated carbocycles. The fourth-order valence-electron chi connectivity index (χ4n) is 2.00. The van der Waals surface area contributed by atoms with Crippen LogP contribution in [0.25, 0.3) is 0 Å². The lowest BCUT2D eigenvalue weighted by Gasteiger charge is -2.14. The third-order valence-electron chi connectivity index (χ3n) is 2.83. The molecule has 4 nitrogen and oxygen atoms in total. The molecule has 0 aliphatic carbocycles. The zero-order chi connectivity index (χ0) is 13.1. The normalized spacial score (nSPS) is 12.9. The Morgan fingerprint density at radius 1 is 1.56 bits per heavy atom. The standard InChI is InChI=1S/C12H17BrN4S/c1-3-17-10(4-8(2)16-17)6-11(15-14)12-5-9(13)7-18-12/h4-5,7,11,15H,3,6,14H2,1-2H3. The van der Waals surface area contributed by atoms with Gasteiger partial charge < -0.3 is 0 Å². The first-order valence-electron chi connectivity index (χ1n) is 5.87. The summed E-state index contributed by atoms with van der Waals surface area (Å²) >= 11 is 5.17. The van der Waals surface area contributed by atoms with Crippen molar-refractivity contribution in [2.75, 3.05) is 0 Å². The van der Waals surface area contributed by atoms with Crippen molar-refractivity contribution in [3.8, 4) is 0 Å². The Labute approximate surface area is 119 Å². The van der Waals surface area contributed by atoms with Crippen molar-refractivity contribution in [3.05, 3.63) is 38.3 Å². The molecular formula is C12H17BrN4S. The highest BCUT2D eigenvalue weighted by Gasteiger charge is 2.15. The molecule has 2 rings (SSSR count). The van der Waals surface area contributed by atoms with Crippen LogP contribution in [0, 0.1) is 6.92 Å². The van der Waals surface area contributed by atoms with E-state index >= 15 is 0 Å². The largest absolute Gasteiger partial charge is 0.271 e. The molecule has 2 aromatic rings. The second-order valence-electron chi connectivity index (χ2n) is 4.18. The molecule has 0 fully saturated rings.